The summed E-state index contributed by atoms with van der Waals surface area (Å²) in [5.74, 6) is 0.882. The predicted octanol–water partition coefficient (Wildman–Crippen LogP) is 2.42. The number of rotatable bonds is 4. The van der Waals surface area contributed by atoms with Crippen LogP contribution < -0.4 is 0 Å². The zero-order valence-corrected chi connectivity index (χ0v) is 15.8. The number of piperazine rings is 1. The van der Waals surface area contributed by atoms with E-state index in [4.69, 9.17) is 17.0 Å². The summed E-state index contributed by atoms with van der Waals surface area (Å²) in [4.78, 5) is 16.1. The van der Waals surface area contributed by atoms with E-state index in [0.717, 1.165) is 18.9 Å². The van der Waals surface area contributed by atoms with Crippen LogP contribution in [0.3, 0.4) is 0 Å². The van der Waals surface area contributed by atoms with Gasteiger partial charge in [0.15, 0.2) is 4.77 Å². The van der Waals surface area contributed by atoms with Gasteiger partial charge in [0.2, 0.25) is 0 Å². The van der Waals surface area contributed by atoms with E-state index in [0.29, 0.717) is 31.1 Å². The minimum absolute atomic E-state index is 0.245. The van der Waals surface area contributed by atoms with Gasteiger partial charge in [0.25, 0.3) is 0 Å². The van der Waals surface area contributed by atoms with Crippen LogP contribution in [0.1, 0.15) is 26.6 Å². The van der Waals surface area contributed by atoms with E-state index in [2.05, 4.69) is 16.6 Å². The molecule has 1 aromatic rings. The second-order valence-corrected chi connectivity index (χ2v) is 7.32. The Morgan fingerprint density at radius 1 is 1.33 bits per heavy atom. The maximum absolute atomic E-state index is 12.1. The van der Waals surface area contributed by atoms with Crippen LogP contribution >= 0.6 is 12.2 Å². The largest absolute Gasteiger partial charge is 0.444 e. The molecule has 1 fully saturated rings. The second kappa shape index (κ2) is 7.48. The van der Waals surface area contributed by atoms with E-state index < -0.39 is 5.60 Å². The maximum atomic E-state index is 12.1. The summed E-state index contributed by atoms with van der Waals surface area (Å²) in [7, 11) is 0. The van der Waals surface area contributed by atoms with Crippen LogP contribution in [-0.4, -0.2) is 62.0 Å². The smallest absolute Gasteiger partial charge is 0.410 e. The molecule has 1 aromatic heterocycles. The molecule has 0 radical (unpaired) electrons. The lowest BCUT2D eigenvalue weighted by molar-refractivity contribution is 0.0113. The standard InChI is InChI=1S/C16H27N5O2S/c1-6-7-20-13(2)17-21(14(20)24)12-18-8-10-19(11-9-18)15(22)23-16(3,4)5/h6H,1,7-12H2,2-5H3. The molecule has 2 rings (SSSR count). The van der Waals surface area contributed by atoms with Crippen molar-refractivity contribution in [3.8, 4) is 0 Å². The molecule has 0 bridgehead atoms. The SMILES string of the molecule is C=CCn1c(C)nn(CN2CCN(C(=O)OC(C)(C)C)CC2)c1=S. The minimum Gasteiger partial charge on any atom is -0.444 e. The number of aryl methyl sites for hydroxylation is 1. The Morgan fingerprint density at radius 3 is 2.50 bits per heavy atom. The third kappa shape index (κ3) is 4.67. The molecule has 0 aromatic carbocycles. The molecule has 1 aliphatic heterocycles. The van der Waals surface area contributed by atoms with Crippen molar-refractivity contribution in [2.24, 2.45) is 0 Å². The van der Waals surface area contributed by atoms with Gasteiger partial charge >= 0.3 is 6.09 Å². The molecule has 0 N–H and O–H groups in total. The fraction of sp³-hybridized carbons (Fsp3) is 0.688. The lowest BCUT2D eigenvalue weighted by Gasteiger charge is -2.35. The van der Waals surface area contributed by atoms with Crippen molar-refractivity contribution in [3.63, 3.8) is 0 Å². The van der Waals surface area contributed by atoms with Crippen molar-refractivity contribution in [2.75, 3.05) is 26.2 Å². The number of carbonyl (C=O) groups excluding carboxylic acids is 1. The lowest BCUT2D eigenvalue weighted by atomic mass is 10.2. The van der Waals surface area contributed by atoms with Crippen molar-refractivity contribution in [1.29, 1.82) is 0 Å². The van der Waals surface area contributed by atoms with Crippen molar-refractivity contribution in [3.05, 3.63) is 23.3 Å². The molecule has 0 saturated carbocycles. The molecular formula is C16H27N5O2S. The van der Waals surface area contributed by atoms with Crippen LogP contribution in [0.25, 0.3) is 0 Å². The topological polar surface area (TPSA) is 55.5 Å². The summed E-state index contributed by atoms with van der Waals surface area (Å²) in [5, 5.41) is 4.51. The number of hydrogen-bond acceptors (Lipinski definition) is 5. The number of carbonyl (C=O) groups is 1. The van der Waals surface area contributed by atoms with Crippen molar-refractivity contribution < 1.29 is 9.53 Å². The molecule has 0 unspecified atom stereocenters. The molecule has 0 spiro atoms. The zero-order valence-electron chi connectivity index (χ0n) is 15.0. The first-order valence-electron chi connectivity index (χ1n) is 8.16. The van der Waals surface area contributed by atoms with E-state index in [1.165, 1.54) is 0 Å². The van der Waals surface area contributed by atoms with Crippen molar-refractivity contribution >= 4 is 18.3 Å². The van der Waals surface area contributed by atoms with Crippen LogP contribution in [0.15, 0.2) is 12.7 Å². The molecule has 0 atom stereocenters. The van der Waals surface area contributed by atoms with Gasteiger partial charge < -0.3 is 14.2 Å². The zero-order chi connectivity index (χ0) is 17.9. The summed E-state index contributed by atoms with van der Waals surface area (Å²) < 4.78 is 9.90. The fourth-order valence-corrected chi connectivity index (χ4v) is 2.87. The second-order valence-electron chi connectivity index (χ2n) is 6.96. The first-order chi connectivity index (χ1) is 11.2. The van der Waals surface area contributed by atoms with Gasteiger partial charge in [-0.1, -0.05) is 6.08 Å². The predicted molar refractivity (Wildman–Crippen MR) is 95.4 cm³/mol. The van der Waals surface area contributed by atoms with Crippen LogP contribution in [0.5, 0.6) is 0 Å². The van der Waals surface area contributed by atoms with E-state index in [1.54, 1.807) is 4.90 Å². The number of allylic oxidation sites excluding steroid dienone is 1. The Balaban J connectivity index is 1.92. The van der Waals surface area contributed by atoms with E-state index in [9.17, 15) is 4.79 Å². The number of ether oxygens (including phenoxy) is 1. The van der Waals surface area contributed by atoms with Gasteiger partial charge in [0.1, 0.15) is 11.4 Å². The average molecular weight is 353 g/mol. The minimum atomic E-state index is -0.461. The first kappa shape index (κ1) is 18.7. The Kier molecular flexibility index (Phi) is 5.82. The highest BCUT2D eigenvalue weighted by molar-refractivity contribution is 7.71. The normalized spacial score (nSPS) is 16.2. The number of aromatic nitrogens is 3. The monoisotopic (exact) mass is 353 g/mol. The molecule has 0 aliphatic carbocycles. The summed E-state index contributed by atoms with van der Waals surface area (Å²) in [6.45, 7) is 15.5. The van der Waals surface area contributed by atoms with Crippen molar-refractivity contribution in [1.82, 2.24) is 24.1 Å². The van der Waals surface area contributed by atoms with Crippen molar-refractivity contribution in [2.45, 2.75) is 46.5 Å². The molecule has 1 saturated heterocycles. The van der Waals surface area contributed by atoms with Gasteiger partial charge in [0.05, 0.1) is 6.67 Å². The summed E-state index contributed by atoms with van der Waals surface area (Å²) in [5.41, 5.74) is -0.461. The van der Waals surface area contributed by atoms with Crippen LogP contribution in [0.4, 0.5) is 4.79 Å². The fourth-order valence-electron chi connectivity index (χ4n) is 2.57. The third-order valence-electron chi connectivity index (χ3n) is 3.78. The molecule has 134 valence electrons. The average Bonchev–Trinajstić information content (AvgIpc) is 2.74. The Labute approximate surface area is 148 Å². The van der Waals surface area contributed by atoms with Gasteiger partial charge in [-0.2, -0.15) is 5.10 Å². The van der Waals surface area contributed by atoms with E-state index >= 15 is 0 Å². The molecule has 8 heteroatoms. The van der Waals surface area contributed by atoms with Gasteiger partial charge in [-0.05, 0) is 39.9 Å². The highest BCUT2D eigenvalue weighted by Gasteiger charge is 2.26. The number of amides is 1. The molecule has 24 heavy (non-hydrogen) atoms. The van der Waals surface area contributed by atoms with Gasteiger partial charge in [-0.3, -0.25) is 4.90 Å². The molecule has 1 aliphatic rings. The van der Waals surface area contributed by atoms with Gasteiger partial charge in [0, 0.05) is 32.7 Å². The van der Waals surface area contributed by atoms with Crippen LogP contribution in [-0.2, 0) is 18.0 Å². The Bertz CT molecular complexity index is 650. The summed E-state index contributed by atoms with van der Waals surface area (Å²) >= 11 is 5.48. The Morgan fingerprint density at radius 2 is 1.96 bits per heavy atom. The lowest BCUT2D eigenvalue weighted by Crippen LogP contribution is -2.50. The molecule has 1 amide bonds. The van der Waals surface area contributed by atoms with E-state index in [1.807, 2.05) is 43.0 Å². The third-order valence-corrected chi connectivity index (χ3v) is 4.21. The quantitative estimate of drug-likeness (QED) is 0.615. The molecule has 2 heterocycles. The van der Waals surface area contributed by atoms with Crippen LogP contribution in [0.2, 0.25) is 0 Å². The van der Waals surface area contributed by atoms with Gasteiger partial charge in [-0.25, -0.2) is 9.48 Å². The number of hydrogen-bond donors (Lipinski definition) is 0. The summed E-state index contributed by atoms with van der Waals surface area (Å²) in [6.07, 6.45) is 1.57. The van der Waals surface area contributed by atoms with Gasteiger partial charge in [-0.15, -0.1) is 6.58 Å². The highest BCUT2D eigenvalue weighted by atomic mass is 32.1. The Hall–Kier alpha value is -1.67. The maximum Gasteiger partial charge on any atom is 0.410 e. The highest BCUT2D eigenvalue weighted by Crippen LogP contribution is 2.12. The summed E-state index contributed by atoms with van der Waals surface area (Å²) in [6, 6.07) is 0. The number of nitrogens with zero attached hydrogens (tertiary/aromatic N) is 5. The van der Waals surface area contributed by atoms with E-state index in [-0.39, 0.29) is 6.09 Å². The van der Waals surface area contributed by atoms with Crippen LogP contribution in [0, 0.1) is 11.7 Å². The molecule has 7 nitrogen and oxygen atoms in total. The first-order valence-corrected chi connectivity index (χ1v) is 8.57. The molecular weight excluding hydrogens is 326 g/mol.